The second-order valence-corrected chi connectivity index (χ2v) is 12.6. The SMILES string of the molecule is CCCc1c(Cc2ccc(-c3ccccc3C3=NOC(O)N3)cc2)c(=O)n([C@H]2CC[C@H](OC(C)C(C)(C)O)CC2)c2ncnn12. The fourth-order valence-corrected chi connectivity index (χ4v) is 6.32. The zero-order valence-electron chi connectivity index (χ0n) is 26.3. The van der Waals surface area contributed by atoms with Crippen LogP contribution < -0.4 is 10.9 Å². The minimum Gasteiger partial charge on any atom is -0.388 e. The summed E-state index contributed by atoms with van der Waals surface area (Å²) in [6.07, 6.45) is 5.39. The van der Waals surface area contributed by atoms with E-state index in [1.165, 1.54) is 6.33 Å². The Balaban J connectivity index is 1.28. The maximum absolute atomic E-state index is 14.3. The quantitative estimate of drug-likeness (QED) is 0.240. The largest absolute Gasteiger partial charge is 0.388 e. The van der Waals surface area contributed by atoms with Gasteiger partial charge in [0.1, 0.15) is 6.33 Å². The molecular formula is C34H42N6O5. The molecular weight excluding hydrogens is 572 g/mol. The Morgan fingerprint density at radius 2 is 1.80 bits per heavy atom. The predicted octanol–water partition coefficient (Wildman–Crippen LogP) is 4.32. The second-order valence-electron chi connectivity index (χ2n) is 12.6. The first-order chi connectivity index (χ1) is 21.6. The van der Waals surface area contributed by atoms with Crippen LogP contribution in [0.5, 0.6) is 0 Å². The number of aliphatic hydroxyl groups is 2. The number of hydrogen-bond acceptors (Lipinski definition) is 9. The van der Waals surface area contributed by atoms with Crippen LogP contribution in [0.15, 0.2) is 64.8 Å². The lowest BCUT2D eigenvalue weighted by atomic mass is 9.91. The molecule has 4 aromatic rings. The highest BCUT2D eigenvalue weighted by atomic mass is 16.7. The monoisotopic (exact) mass is 614 g/mol. The molecule has 0 radical (unpaired) electrons. The molecule has 238 valence electrons. The summed E-state index contributed by atoms with van der Waals surface area (Å²) in [5.41, 5.74) is 4.50. The van der Waals surface area contributed by atoms with E-state index >= 15 is 0 Å². The average molecular weight is 615 g/mol. The third-order valence-electron chi connectivity index (χ3n) is 9.05. The van der Waals surface area contributed by atoms with Gasteiger partial charge in [0.05, 0.1) is 23.5 Å². The number of aliphatic hydroxyl groups excluding tert-OH is 1. The summed E-state index contributed by atoms with van der Waals surface area (Å²) >= 11 is 0. The third kappa shape index (κ3) is 6.38. The van der Waals surface area contributed by atoms with Crippen molar-refractivity contribution >= 4 is 11.6 Å². The van der Waals surface area contributed by atoms with Crippen molar-refractivity contribution in [1.82, 2.24) is 24.5 Å². The van der Waals surface area contributed by atoms with Crippen LogP contribution in [-0.4, -0.2) is 59.4 Å². The molecule has 6 rings (SSSR count). The van der Waals surface area contributed by atoms with E-state index in [-0.39, 0.29) is 23.8 Å². The lowest BCUT2D eigenvalue weighted by Gasteiger charge is -2.35. The van der Waals surface area contributed by atoms with Gasteiger partial charge in [-0.3, -0.25) is 9.36 Å². The van der Waals surface area contributed by atoms with E-state index in [1.807, 2.05) is 52.4 Å². The van der Waals surface area contributed by atoms with E-state index in [2.05, 4.69) is 39.6 Å². The smallest absolute Gasteiger partial charge is 0.304 e. The number of oxime groups is 1. The summed E-state index contributed by atoms with van der Waals surface area (Å²) in [6.45, 7) is 7.54. The summed E-state index contributed by atoms with van der Waals surface area (Å²) in [5, 5.41) is 31.4. The van der Waals surface area contributed by atoms with Gasteiger partial charge in [0.2, 0.25) is 5.78 Å². The molecule has 2 aliphatic rings. The van der Waals surface area contributed by atoms with Crippen LogP contribution in [0.3, 0.4) is 0 Å². The molecule has 3 heterocycles. The van der Waals surface area contributed by atoms with E-state index in [9.17, 15) is 15.0 Å². The van der Waals surface area contributed by atoms with Crippen LogP contribution in [0.2, 0.25) is 0 Å². The third-order valence-corrected chi connectivity index (χ3v) is 9.05. The molecule has 0 saturated heterocycles. The number of nitrogens with one attached hydrogen (secondary N) is 1. The number of aryl methyl sites for hydroxylation is 1. The number of hydrogen-bond donors (Lipinski definition) is 3. The Labute approximate surface area is 262 Å². The molecule has 1 saturated carbocycles. The molecule has 1 aliphatic heterocycles. The highest BCUT2D eigenvalue weighted by Gasteiger charge is 2.31. The predicted molar refractivity (Wildman–Crippen MR) is 171 cm³/mol. The summed E-state index contributed by atoms with van der Waals surface area (Å²) in [4.78, 5) is 23.8. The van der Waals surface area contributed by atoms with Crippen LogP contribution in [0.25, 0.3) is 16.9 Å². The van der Waals surface area contributed by atoms with Crippen LogP contribution in [0, 0.1) is 0 Å². The van der Waals surface area contributed by atoms with Crippen LogP contribution in [-0.2, 0) is 22.4 Å². The minimum atomic E-state index is -1.16. The normalized spacial score (nSPS) is 20.9. The van der Waals surface area contributed by atoms with Gasteiger partial charge in [-0.25, -0.2) is 4.52 Å². The minimum absolute atomic E-state index is 0.00789. The van der Waals surface area contributed by atoms with E-state index in [0.717, 1.165) is 72.0 Å². The number of rotatable bonds is 10. The first-order valence-corrected chi connectivity index (χ1v) is 15.8. The van der Waals surface area contributed by atoms with E-state index in [0.29, 0.717) is 18.0 Å². The standard InChI is InChI=1S/C34H42N6O5/c1-5-8-29-28(19-22-11-13-23(14-12-22)26-9-6-7-10-27(26)30-37-33(42)45-38-30)31(41)39(32-35-20-36-40(29)32)24-15-17-25(18-16-24)44-21(2)34(3,4)43/h6-7,9-14,20-21,24-25,33,42-43H,5,8,15-19H2,1-4H3,(H,37,38)/t21?,24-,25-,33?. The molecule has 1 fully saturated rings. The first-order valence-electron chi connectivity index (χ1n) is 15.8. The van der Waals surface area contributed by atoms with Crippen LogP contribution >= 0.6 is 0 Å². The molecule has 2 atom stereocenters. The molecule has 3 N–H and O–H groups in total. The van der Waals surface area contributed by atoms with Gasteiger partial charge in [-0.05, 0) is 69.6 Å². The average Bonchev–Trinajstić information content (AvgIpc) is 3.69. The van der Waals surface area contributed by atoms with Gasteiger partial charge >= 0.3 is 6.41 Å². The molecule has 0 spiro atoms. The number of nitrogens with zero attached hydrogens (tertiary/aromatic N) is 5. The van der Waals surface area contributed by atoms with Crippen molar-refractivity contribution in [2.45, 2.75) is 103 Å². The zero-order chi connectivity index (χ0) is 31.7. The maximum atomic E-state index is 14.3. The van der Waals surface area contributed by atoms with Crippen molar-refractivity contribution in [3.63, 3.8) is 0 Å². The van der Waals surface area contributed by atoms with Crippen molar-refractivity contribution in [3.8, 4) is 11.1 Å². The van der Waals surface area contributed by atoms with E-state index < -0.39 is 12.0 Å². The van der Waals surface area contributed by atoms with Crippen molar-refractivity contribution in [2.75, 3.05) is 0 Å². The summed E-state index contributed by atoms with van der Waals surface area (Å²) in [5.74, 6) is 1.06. The number of amidine groups is 1. The van der Waals surface area contributed by atoms with Crippen molar-refractivity contribution in [3.05, 3.63) is 87.6 Å². The molecule has 1 aliphatic carbocycles. The molecule has 2 aromatic carbocycles. The fourth-order valence-electron chi connectivity index (χ4n) is 6.32. The summed E-state index contributed by atoms with van der Waals surface area (Å²) < 4.78 is 9.89. The van der Waals surface area contributed by atoms with Crippen LogP contribution in [0.1, 0.15) is 88.2 Å². The van der Waals surface area contributed by atoms with Crippen LogP contribution in [0.4, 0.5) is 0 Å². The number of benzene rings is 2. The molecule has 0 bridgehead atoms. The molecule has 45 heavy (non-hydrogen) atoms. The lowest BCUT2D eigenvalue weighted by molar-refractivity contribution is -0.118. The van der Waals surface area contributed by atoms with Gasteiger partial charge in [0, 0.05) is 23.6 Å². The van der Waals surface area contributed by atoms with Crippen molar-refractivity contribution < 1.29 is 19.8 Å². The molecule has 2 unspecified atom stereocenters. The second kappa shape index (κ2) is 12.7. The maximum Gasteiger partial charge on any atom is 0.304 e. The van der Waals surface area contributed by atoms with Gasteiger partial charge in [-0.1, -0.05) is 67.0 Å². The molecule has 0 amide bonds. The highest BCUT2D eigenvalue weighted by Crippen LogP contribution is 2.33. The van der Waals surface area contributed by atoms with Crippen molar-refractivity contribution in [2.24, 2.45) is 5.16 Å². The fraction of sp³-hybridized carbons (Fsp3) is 0.471. The highest BCUT2D eigenvalue weighted by molar-refractivity contribution is 6.04. The van der Waals surface area contributed by atoms with Crippen molar-refractivity contribution in [1.29, 1.82) is 0 Å². The van der Waals surface area contributed by atoms with Gasteiger partial charge in [-0.2, -0.15) is 10.1 Å². The Morgan fingerprint density at radius 1 is 1.09 bits per heavy atom. The number of aromatic nitrogens is 4. The van der Waals surface area contributed by atoms with E-state index in [1.54, 1.807) is 13.8 Å². The first kappa shape index (κ1) is 30.9. The summed E-state index contributed by atoms with van der Waals surface area (Å²) in [6, 6.07) is 16.0. The van der Waals surface area contributed by atoms with Gasteiger partial charge in [0.15, 0.2) is 5.84 Å². The van der Waals surface area contributed by atoms with Gasteiger partial charge in [0.25, 0.3) is 5.56 Å². The van der Waals surface area contributed by atoms with E-state index in [4.69, 9.17) is 9.57 Å². The molecule has 11 nitrogen and oxygen atoms in total. The Bertz CT molecular complexity index is 1730. The lowest BCUT2D eigenvalue weighted by Crippen LogP contribution is -2.40. The number of fused-ring (bicyclic) bond motifs is 1. The Morgan fingerprint density at radius 3 is 2.44 bits per heavy atom. The zero-order valence-corrected chi connectivity index (χ0v) is 26.3. The van der Waals surface area contributed by atoms with Gasteiger partial charge < -0.3 is 25.1 Å². The van der Waals surface area contributed by atoms with Gasteiger partial charge in [-0.15, -0.1) is 0 Å². The number of ether oxygens (including phenoxy) is 1. The Hall–Kier alpha value is -4.06. The summed E-state index contributed by atoms with van der Waals surface area (Å²) in [7, 11) is 0. The molecule has 11 heteroatoms. The molecule has 2 aromatic heterocycles. The topological polar surface area (TPSA) is 136 Å². The Kier molecular flexibility index (Phi) is 8.76.